The van der Waals surface area contributed by atoms with Gasteiger partial charge in [0.1, 0.15) is 0 Å². The first-order chi connectivity index (χ1) is 8.74. The molecule has 1 fully saturated rings. The molecule has 0 amide bonds. The highest BCUT2D eigenvalue weighted by molar-refractivity contribution is 6.01. The van der Waals surface area contributed by atoms with Crippen LogP contribution in [0.2, 0.25) is 0 Å². The Kier molecular flexibility index (Phi) is 3.45. The van der Waals surface area contributed by atoms with Gasteiger partial charge in [-0.05, 0) is 37.5 Å². The van der Waals surface area contributed by atoms with E-state index in [0.717, 1.165) is 37.8 Å². The molecule has 0 aliphatic heterocycles. The van der Waals surface area contributed by atoms with Gasteiger partial charge < -0.3 is 0 Å². The molecule has 0 radical (unpaired) electrons. The molecule has 1 nitrogen and oxygen atoms in total. The highest BCUT2D eigenvalue weighted by atomic mass is 19.4. The molecule has 1 aliphatic carbocycles. The largest absolute Gasteiger partial charge is 0.416 e. The van der Waals surface area contributed by atoms with E-state index in [1.165, 1.54) is 6.07 Å². The van der Waals surface area contributed by atoms with Crippen LogP contribution in [0.15, 0.2) is 18.2 Å². The highest BCUT2D eigenvalue weighted by Crippen LogP contribution is 2.41. The molecule has 4 heteroatoms. The summed E-state index contributed by atoms with van der Waals surface area (Å²) >= 11 is 0. The van der Waals surface area contributed by atoms with Crippen LogP contribution in [0.1, 0.15) is 54.1 Å². The van der Waals surface area contributed by atoms with Crippen LogP contribution in [0.25, 0.3) is 0 Å². The summed E-state index contributed by atoms with van der Waals surface area (Å²) in [7, 11) is 0. The van der Waals surface area contributed by atoms with E-state index in [4.69, 9.17) is 0 Å². The van der Waals surface area contributed by atoms with Gasteiger partial charge in [0, 0.05) is 11.0 Å². The van der Waals surface area contributed by atoms with E-state index in [1.54, 1.807) is 6.92 Å². The van der Waals surface area contributed by atoms with Crippen molar-refractivity contribution in [2.45, 2.75) is 45.7 Å². The number of carbonyl (C=O) groups is 1. The SMILES string of the molecule is Cc1cc(C(F)(F)F)ccc1C(=O)C1(C)CCCC1. The molecule has 0 heterocycles. The van der Waals surface area contributed by atoms with Crippen LogP contribution in [0.5, 0.6) is 0 Å². The molecule has 0 atom stereocenters. The third kappa shape index (κ3) is 2.67. The van der Waals surface area contributed by atoms with Crippen molar-refractivity contribution < 1.29 is 18.0 Å². The first kappa shape index (κ1) is 14.1. The number of hydrogen-bond donors (Lipinski definition) is 0. The Labute approximate surface area is 110 Å². The maximum Gasteiger partial charge on any atom is 0.416 e. The van der Waals surface area contributed by atoms with Gasteiger partial charge in [0.2, 0.25) is 0 Å². The third-order valence-corrected chi connectivity index (χ3v) is 4.05. The molecule has 2 rings (SSSR count). The Morgan fingerprint density at radius 1 is 1.21 bits per heavy atom. The molecular formula is C15H17F3O. The van der Waals surface area contributed by atoms with Crippen molar-refractivity contribution >= 4 is 5.78 Å². The van der Waals surface area contributed by atoms with Crippen LogP contribution >= 0.6 is 0 Å². The van der Waals surface area contributed by atoms with Crippen molar-refractivity contribution in [3.8, 4) is 0 Å². The average Bonchev–Trinajstić information content (AvgIpc) is 2.75. The number of benzene rings is 1. The Balaban J connectivity index is 2.34. The molecule has 1 saturated carbocycles. The van der Waals surface area contributed by atoms with E-state index in [1.807, 2.05) is 6.92 Å². The fraction of sp³-hybridized carbons (Fsp3) is 0.533. The van der Waals surface area contributed by atoms with Crippen LogP contribution in [-0.4, -0.2) is 5.78 Å². The lowest BCUT2D eigenvalue weighted by Gasteiger charge is -2.23. The van der Waals surface area contributed by atoms with E-state index in [2.05, 4.69) is 0 Å². The maximum atomic E-state index is 12.6. The minimum atomic E-state index is -4.36. The lowest BCUT2D eigenvalue weighted by atomic mass is 9.79. The summed E-state index contributed by atoms with van der Waals surface area (Å²) < 4.78 is 37.8. The Hall–Kier alpha value is -1.32. The summed E-state index contributed by atoms with van der Waals surface area (Å²) in [6.45, 7) is 3.49. The summed E-state index contributed by atoms with van der Waals surface area (Å²) in [4.78, 5) is 12.5. The van der Waals surface area contributed by atoms with Crippen LogP contribution in [0.3, 0.4) is 0 Å². The number of rotatable bonds is 2. The molecule has 0 bridgehead atoms. The fourth-order valence-electron chi connectivity index (χ4n) is 2.80. The number of ketones is 1. The second kappa shape index (κ2) is 4.66. The first-order valence-electron chi connectivity index (χ1n) is 6.47. The van der Waals surface area contributed by atoms with Crippen LogP contribution < -0.4 is 0 Å². The molecule has 0 spiro atoms. The van der Waals surface area contributed by atoms with Gasteiger partial charge in [-0.1, -0.05) is 25.8 Å². The van der Waals surface area contributed by atoms with Crippen LogP contribution in [0.4, 0.5) is 13.2 Å². The zero-order valence-corrected chi connectivity index (χ0v) is 11.1. The lowest BCUT2D eigenvalue weighted by Crippen LogP contribution is -2.25. The first-order valence-corrected chi connectivity index (χ1v) is 6.47. The topological polar surface area (TPSA) is 17.1 Å². The molecule has 1 aliphatic rings. The van der Waals surface area contributed by atoms with E-state index >= 15 is 0 Å². The number of carbonyl (C=O) groups excluding carboxylic acids is 1. The van der Waals surface area contributed by atoms with Gasteiger partial charge in [-0.2, -0.15) is 13.2 Å². The average molecular weight is 270 g/mol. The summed E-state index contributed by atoms with van der Waals surface area (Å²) in [6.07, 6.45) is -0.675. The third-order valence-electron chi connectivity index (χ3n) is 4.05. The molecule has 0 unspecified atom stereocenters. The monoisotopic (exact) mass is 270 g/mol. The second-order valence-corrected chi connectivity index (χ2v) is 5.62. The minimum Gasteiger partial charge on any atom is -0.294 e. The summed E-state index contributed by atoms with van der Waals surface area (Å²) in [6, 6.07) is 3.38. The molecule has 0 aromatic heterocycles. The van der Waals surface area contributed by atoms with Crippen molar-refractivity contribution in [1.29, 1.82) is 0 Å². The summed E-state index contributed by atoms with van der Waals surface area (Å²) in [5, 5.41) is 0. The Morgan fingerprint density at radius 3 is 2.26 bits per heavy atom. The molecule has 1 aromatic carbocycles. The number of Topliss-reactive ketones (excluding diaryl/α,β-unsaturated/α-hetero) is 1. The predicted molar refractivity (Wildman–Crippen MR) is 67.1 cm³/mol. The van der Waals surface area contributed by atoms with Crippen molar-refractivity contribution in [3.63, 3.8) is 0 Å². The molecule has 0 N–H and O–H groups in total. The van der Waals surface area contributed by atoms with Gasteiger partial charge in [0.05, 0.1) is 5.56 Å². The van der Waals surface area contributed by atoms with E-state index in [0.29, 0.717) is 11.1 Å². The predicted octanol–water partition coefficient (Wildman–Crippen LogP) is 4.78. The minimum absolute atomic E-state index is 0.0174. The van der Waals surface area contributed by atoms with Crippen molar-refractivity contribution in [3.05, 3.63) is 34.9 Å². The van der Waals surface area contributed by atoms with Gasteiger partial charge in [-0.3, -0.25) is 4.79 Å². The zero-order chi connectivity index (χ0) is 14.3. The highest BCUT2D eigenvalue weighted by Gasteiger charge is 2.38. The Morgan fingerprint density at radius 2 is 1.79 bits per heavy atom. The molecule has 1 aromatic rings. The fourth-order valence-corrected chi connectivity index (χ4v) is 2.80. The van der Waals surface area contributed by atoms with Crippen LogP contribution in [-0.2, 0) is 6.18 Å². The van der Waals surface area contributed by atoms with Crippen molar-refractivity contribution in [1.82, 2.24) is 0 Å². The van der Waals surface area contributed by atoms with Crippen LogP contribution in [0, 0.1) is 12.3 Å². The number of aryl methyl sites for hydroxylation is 1. The lowest BCUT2D eigenvalue weighted by molar-refractivity contribution is -0.137. The van der Waals surface area contributed by atoms with E-state index in [9.17, 15) is 18.0 Å². The standard InChI is InChI=1S/C15H17F3O/c1-10-9-11(15(16,17)18)5-6-12(10)13(19)14(2)7-3-4-8-14/h5-6,9H,3-4,7-8H2,1-2H3. The summed E-state index contributed by atoms with van der Waals surface area (Å²) in [5.41, 5.74) is -0.256. The van der Waals surface area contributed by atoms with Gasteiger partial charge in [-0.15, -0.1) is 0 Å². The molecule has 0 saturated heterocycles. The number of alkyl halides is 3. The molecule has 104 valence electrons. The van der Waals surface area contributed by atoms with Gasteiger partial charge in [0.15, 0.2) is 5.78 Å². The Bertz CT molecular complexity index is 497. The van der Waals surface area contributed by atoms with Crippen molar-refractivity contribution in [2.24, 2.45) is 5.41 Å². The summed E-state index contributed by atoms with van der Waals surface area (Å²) in [5.74, 6) is -0.0174. The maximum absolute atomic E-state index is 12.6. The normalized spacial score (nSPS) is 18.6. The number of hydrogen-bond acceptors (Lipinski definition) is 1. The molecule has 19 heavy (non-hydrogen) atoms. The quantitative estimate of drug-likeness (QED) is 0.707. The zero-order valence-electron chi connectivity index (χ0n) is 11.1. The van der Waals surface area contributed by atoms with E-state index < -0.39 is 17.2 Å². The van der Waals surface area contributed by atoms with Gasteiger partial charge in [-0.25, -0.2) is 0 Å². The number of halogens is 3. The smallest absolute Gasteiger partial charge is 0.294 e. The van der Waals surface area contributed by atoms with Gasteiger partial charge in [0.25, 0.3) is 0 Å². The van der Waals surface area contributed by atoms with Crippen molar-refractivity contribution in [2.75, 3.05) is 0 Å². The van der Waals surface area contributed by atoms with Gasteiger partial charge >= 0.3 is 6.18 Å². The second-order valence-electron chi connectivity index (χ2n) is 5.62. The van der Waals surface area contributed by atoms with E-state index in [-0.39, 0.29) is 5.78 Å². The molecular weight excluding hydrogens is 253 g/mol.